The lowest BCUT2D eigenvalue weighted by Crippen LogP contribution is -2.45. The Bertz CT molecular complexity index is 866. The SMILES string of the molecule is O=C(c1cccc(-c2ccccc2)c1)C1CC2CCCC(C1)S2(=O)=O. The van der Waals surface area contributed by atoms with Gasteiger partial charge in [-0.25, -0.2) is 8.42 Å². The van der Waals surface area contributed by atoms with Crippen molar-refractivity contribution in [1.82, 2.24) is 0 Å². The molecule has 130 valence electrons. The summed E-state index contributed by atoms with van der Waals surface area (Å²) >= 11 is 0. The number of hydrogen-bond acceptors (Lipinski definition) is 3. The van der Waals surface area contributed by atoms with Gasteiger partial charge in [-0.1, -0.05) is 55.0 Å². The maximum absolute atomic E-state index is 13.0. The van der Waals surface area contributed by atoms with Crippen LogP contribution in [0.25, 0.3) is 11.1 Å². The Morgan fingerprint density at radius 1 is 0.840 bits per heavy atom. The average Bonchev–Trinajstić information content (AvgIpc) is 2.61. The summed E-state index contributed by atoms with van der Waals surface area (Å²) in [5, 5.41) is -0.627. The van der Waals surface area contributed by atoms with Crippen LogP contribution < -0.4 is 0 Å². The molecule has 2 heterocycles. The fraction of sp³-hybridized carbons (Fsp3) is 0.381. The molecule has 2 unspecified atom stereocenters. The van der Waals surface area contributed by atoms with Gasteiger partial charge in [0.15, 0.2) is 15.6 Å². The normalized spacial score (nSPS) is 27.6. The van der Waals surface area contributed by atoms with Gasteiger partial charge in [-0.05, 0) is 42.9 Å². The predicted molar refractivity (Wildman–Crippen MR) is 99.3 cm³/mol. The molecule has 0 radical (unpaired) electrons. The maximum Gasteiger partial charge on any atom is 0.166 e. The summed E-state index contributed by atoms with van der Waals surface area (Å²) in [4.78, 5) is 13.0. The molecule has 25 heavy (non-hydrogen) atoms. The van der Waals surface area contributed by atoms with Crippen LogP contribution in [-0.4, -0.2) is 24.7 Å². The smallest absolute Gasteiger partial charge is 0.166 e. The number of ketones is 1. The lowest BCUT2D eigenvalue weighted by molar-refractivity contribution is 0.0894. The standard InChI is InChI=1S/C21H22O3S/c22-21(18-13-19-10-5-11-20(14-18)25(19,23)24)17-9-4-8-16(12-17)15-6-2-1-3-7-15/h1-4,6-9,12,18-20H,5,10-11,13-14H2. The fourth-order valence-electron chi connectivity index (χ4n) is 4.34. The van der Waals surface area contributed by atoms with E-state index in [-0.39, 0.29) is 22.2 Å². The molecule has 3 nitrogen and oxygen atoms in total. The van der Waals surface area contributed by atoms with Crippen molar-refractivity contribution < 1.29 is 13.2 Å². The van der Waals surface area contributed by atoms with Crippen LogP contribution in [0.5, 0.6) is 0 Å². The highest BCUT2D eigenvalue weighted by molar-refractivity contribution is 7.92. The van der Waals surface area contributed by atoms with Gasteiger partial charge in [-0.15, -0.1) is 0 Å². The van der Waals surface area contributed by atoms with Gasteiger partial charge in [0.2, 0.25) is 0 Å². The third-order valence-corrected chi connectivity index (χ3v) is 8.42. The Hall–Kier alpha value is -1.94. The Labute approximate surface area is 149 Å². The number of sulfone groups is 1. The van der Waals surface area contributed by atoms with Crippen molar-refractivity contribution in [3.8, 4) is 11.1 Å². The molecule has 2 aliphatic heterocycles. The Balaban J connectivity index is 1.60. The molecule has 2 aromatic carbocycles. The molecular formula is C21H22O3S. The predicted octanol–water partition coefficient (Wildman–Crippen LogP) is 4.28. The first-order valence-corrected chi connectivity index (χ1v) is 10.6. The molecular weight excluding hydrogens is 332 g/mol. The van der Waals surface area contributed by atoms with E-state index in [0.717, 1.165) is 17.5 Å². The Kier molecular flexibility index (Phi) is 4.24. The second kappa shape index (κ2) is 6.41. The highest BCUT2D eigenvalue weighted by Gasteiger charge is 2.46. The van der Waals surface area contributed by atoms with Crippen LogP contribution >= 0.6 is 0 Å². The minimum absolute atomic E-state index is 0.101. The molecule has 0 saturated carbocycles. The van der Waals surface area contributed by atoms with Gasteiger partial charge < -0.3 is 0 Å². The summed E-state index contributed by atoms with van der Waals surface area (Å²) in [5.74, 6) is -0.0607. The van der Waals surface area contributed by atoms with Crippen LogP contribution in [0, 0.1) is 5.92 Å². The number of carbonyl (C=O) groups excluding carboxylic acids is 1. The quantitative estimate of drug-likeness (QED) is 0.773. The van der Waals surface area contributed by atoms with Crippen molar-refractivity contribution in [3.63, 3.8) is 0 Å². The van der Waals surface area contributed by atoms with E-state index in [2.05, 4.69) is 0 Å². The van der Waals surface area contributed by atoms with Crippen LogP contribution in [0.3, 0.4) is 0 Å². The summed E-state index contributed by atoms with van der Waals surface area (Å²) in [6, 6.07) is 17.7. The molecule has 0 spiro atoms. The first kappa shape index (κ1) is 16.5. The molecule has 2 aliphatic rings. The molecule has 2 aromatic rings. The number of hydrogen-bond donors (Lipinski definition) is 0. The van der Waals surface area contributed by atoms with E-state index in [1.54, 1.807) is 0 Å². The van der Waals surface area contributed by atoms with E-state index in [9.17, 15) is 13.2 Å². The zero-order valence-electron chi connectivity index (χ0n) is 14.1. The number of rotatable bonds is 3. The molecule has 0 N–H and O–H groups in total. The third kappa shape index (κ3) is 3.04. The summed E-state index contributed by atoms with van der Waals surface area (Å²) in [6.45, 7) is 0. The topological polar surface area (TPSA) is 51.2 Å². The zero-order chi connectivity index (χ0) is 17.4. The van der Waals surface area contributed by atoms with E-state index in [4.69, 9.17) is 0 Å². The van der Waals surface area contributed by atoms with Gasteiger partial charge in [0.25, 0.3) is 0 Å². The van der Waals surface area contributed by atoms with Crippen molar-refractivity contribution in [2.24, 2.45) is 5.92 Å². The van der Waals surface area contributed by atoms with Crippen LogP contribution in [0.15, 0.2) is 54.6 Å². The van der Waals surface area contributed by atoms with E-state index in [0.29, 0.717) is 31.2 Å². The number of fused-ring (bicyclic) bond motifs is 2. The van der Waals surface area contributed by atoms with E-state index >= 15 is 0 Å². The minimum Gasteiger partial charge on any atom is -0.294 e. The highest BCUT2D eigenvalue weighted by atomic mass is 32.2. The Morgan fingerprint density at radius 3 is 2.16 bits per heavy atom. The Morgan fingerprint density at radius 2 is 1.48 bits per heavy atom. The van der Waals surface area contributed by atoms with E-state index < -0.39 is 9.84 Å². The molecule has 4 rings (SSSR count). The zero-order valence-corrected chi connectivity index (χ0v) is 14.9. The van der Waals surface area contributed by atoms with E-state index in [1.807, 2.05) is 54.6 Å². The summed E-state index contributed by atoms with van der Waals surface area (Å²) in [6.07, 6.45) is 3.39. The van der Waals surface area contributed by atoms with Crippen LogP contribution in [0.2, 0.25) is 0 Å². The van der Waals surface area contributed by atoms with Crippen molar-refractivity contribution >= 4 is 15.6 Å². The van der Waals surface area contributed by atoms with Crippen molar-refractivity contribution in [3.05, 3.63) is 60.2 Å². The van der Waals surface area contributed by atoms with Gasteiger partial charge in [-0.2, -0.15) is 0 Å². The van der Waals surface area contributed by atoms with Crippen LogP contribution in [0.1, 0.15) is 42.5 Å². The minimum atomic E-state index is -3.02. The second-order valence-electron chi connectivity index (χ2n) is 7.24. The highest BCUT2D eigenvalue weighted by Crippen LogP contribution is 2.40. The van der Waals surface area contributed by atoms with Crippen molar-refractivity contribution in [1.29, 1.82) is 0 Å². The molecule has 2 atom stereocenters. The molecule has 2 saturated heterocycles. The number of Topliss-reactive ketones (excluding diaryl/α,β-unsaturated/α-hetero) is 1. The first-order valence-electron chi connectivity index (χ1n) is 8.98. The lowest BCUT2D eigenvalue weighted by atomic mass is 9.84. The van der Waals surface area contributed by atoms with Crippen LogP contribution in [-0.2, 0) is 9.84 Å². The van der Waals surface area contributed by atoms with E-state index in [1.165, 1.54) is 0 Å². The van der Waals surface area contributed by atoms with Gasteiger partial charge in [0, 0.05) is 11.5 Å². The summed E-state index contributed by atoms with van der Waals surface area (Å²) in [7, 11) is -3.02. The van der Waals surface area contributed by atoms with Gasteiger partial charge in [0.1, 0.15) is 0 Å². The summed E-state index contributed by atoms with van der Waals surface area (Å²) in [5.41, 5.74) is 2.80. The van der Waals surface area contributed by atoms with Crippen molar-refractivity contribution in [2.45, 2.75) is 42.6 Å². The number of benzene rings is 2. The largest absolute Gasteiger partial charge is 0.294 e. The molecule has 0 aromatic heterocycles. The monoisotopic (exact) mass is 354 g/mol. The fourth-order valence-corrected chi connectivity index (χ4v) is 6.88. The summed E-state index contributed by atoms with van der Waals surface area (Å²) < 4.78 is 24.9. The second-order valence-corrected chi connectivity index (χ2v) is 9.75. The lowest BCUT2D eigenvalue weighted by Gasteiger charge is -2.38. The third-order valence-electron chi connectivity index (χ3n) is 5.70. The van der Waals surface area contributed by atoms with Gasteiger partial charge >= 0.3 is 0 Å². The molecule has 0 aliphatic carbocycles. The molecule has 2 bridgehead atoms. The maximum atomic E-state index is 13.0. The number of carbonyl (C=O) groups is 1. The van der Waals surface area contributed by atoms with Crippen molar-refractivity contribution in [2.75, 3.05) is 0 Å². The van der Waals surface area contributed by atoms with Gasteiger partial charge in [-0.3, -0.25) is 4.79 Å². The molecule has 2 fully saturated rings. The molecule has 0 amide bonds. The average molecular weight is 354 g/mol. The van der Waals surface area contributed by atoms with Crippen LogP contribution in [0.4, 0.5) is 0 Å². The first-order chi connectivity index (χ1) is 12.1. The van der Waals surface area contributed by atoms with Gasteiger partial charge in [0.05, 0.1) is 10.5 Å². The molecule has 4 heteroatoms.